The van der Waals surface area contributed by atoms with Gasteiger partial charge in [-0.1, -0.05) is 34.6 Å². The SMILES string of the molecule is C=CC(=O)NCc1ccc(C(=O)Nc2cc(Br)ccc2N2CCCC2)cc1. The van der Waals surface area contributed by atoms with Gasteiger partial charge in [0.05, 0.1) is 11.4 Å². The van der Waals surface area contributed by atoms with Crippen molar-refractivity contribution in [3.05, 3.63) is 70.7 Å². The summed E-state index contributed by atoms with van der Waals surface area (Å²) in [6.45, 7) is 5.84. The number of hydrogen-bond acceptors (Lipinski definition) is 3. The Bertz CT molecular complexity index is 843. The molecule has 0 atom stereocenters. The highest BCUT2D eigenvalue weighted by atomic mass is 79.9. The third kappa shape index (κ3) is 4.98. The van der Waals surface area contributed by atoms with Gasteiger partial charge >= 0.3 is 0 Å². The number of anilines is 2. The maximum atomic E-state index is 12.7. The summed E-state index contributed by atoms with van der Waals surface area (Å²) >= 11 is 3.48. The van der Waals surface area contributed by atoms with E-state index in [1.54, 1.807) is 12.1 Å². The third-order valence-corrected chi connectivity index (χ3v) is 5.02. The number of halogens is 1. The molecule has 1 saturated heterocycles. The first-order valence-electron chi connectivity index (χ1n) is 8.92. The van der Waals surface area contributed by atoms with Gasteiger partial charge in [0.25, 0.3) is 5.91 Å². The second-order valence-corrected chi connectivity index (χ2v) is 7.34. The van der Waals surface area contributed by atoms with Crippen molar-refractivity contribution < 1.29 is 9.59 Å². The molecule has 0 bridgehead atoms. The predicted molar refractivity (Wildman–Crippen MR) is 112 cm³/mol. The van der Waals surface area contributed by atoms with Crippen LogP contribution in [0.15, 0.2) is 59.6 Å². The van der Waals surface area contributed by atoms with Crippen LogP contribution in [-0.4, -0.2) is 24.9 Å². The van der Waals surface area contributed by atoms with Crippen molar-refractivity contribution in [2.24, 2.45) is 0 Å². The Hall–Kier alpha value is -2.60. The van der Waals surface area contributed by atoms with Crippen LogP contribution in [0.25, 0.3) is 0 Å². The molecule has 140 valence electrons. The van der Waals surface area contributed by atoms with E-state index in [-0.39, 0.29) is 11.8 Å². The summed E-state index contributed by atoms with van der Waals surface area (Å²) in [4.78, 5) is 26.2. The summed E-state index contributed by atoms with van der Waals surface area (Å²) in [6, 6.07) is 13.2. The van der Waals surface area contributed by atoms with Gasteiger partial charge in [-0.05, 0) is 54.8 Å². The first-order valence-corrected chi connectivity index (χ1v) is 9.71. The number of carbonyl (C=O) groups is 2. The molecule has 27 heavy (non-hydrogen) atoms. The fourth-order valence-electron chi connectivity index (χ4n) is 3.07. The van der Waals surface area contributed by atoms with Gasteiger partial charge in [0.15, 0.2) is 0 Å². The zero-order valence-electron chi connectivity index (χ0n) is 15.0. The molecule has 6 heteroatoms. The van der Waals surface area contributed by atoms with Crippen LogP contribution in [0.5, 0.6) is 0 Å². The molecule has 1 heterocycles. The summed E-state index contributed by atoms with van der Waals surface area (Å²) in [7, 11) is 0. The Balaban J connectivity index is 1.71. The lowest BCUT2D eigenvalue weighted by Gasteiger charge is -2.22. The van der Waals surface area contributed by atoms with E-state index < -0.39 is 0 Å². The van der Waals surface area contributed by atoms with E-state index in [0.717, 1.165) is 34.5 Å². The van der Waals surface area contributed by atoms with E-state index >= 15 is 0 Å². The zero-order valence-corrected chi connectivity index (χ0v) is 16.6. The van der Waals surface area contributed by atoms with Crippen LogP contribution in [0.3, 0.4) is 0 Å². The summed E-state index contributed by atoms with van der Waals surface area (Å²) < 4.78 is 0.925. The first-order chi connectivity index (χ1) is 13.1. The molecule has 0 aliphatic carbocycles. The Morgan fingerprint density at radius 2 is 1.81 bits per heavy atom. The molecule has 0 spiro atoms. The van der Waals surface area contributed by atoms with Crippen LogP contribution in [-0.2, 0) is 11.3 Å². The van der Waals surface area contributed by atoms with Gasteiger partial charge in [-0.15, -0.1) is 0 Å². The molecule has 1 fully saturated rings. The number of nitrogens with one attached hydrogen (secondary N) is 2. The molecule has 0 unspecified atom stereocenters. The topological polar surface area (TPSA) is 61.4 Å². The number of amides is 2. The largest absolute Gasteiger partial charge is 0.370 e. The molecule has 1 aliphatic rings. The molecule has 3 rings (SSSR count). The summed E-state index contributed by atoms with van der Waals surface area (Å²) in [5, 5.41) is 5.74. The molecule has 0 aromatic heterocycles. The summed E-state index contributed by atoms with van der Waals surface area (Å²) in [5.74, 6) is -0.379. The lowest BCUT2D eigenvalue weighted by atomic mass is 10.1. The molecule has 1 aliphatic heterocycles. The van der Waals surface area contributed by atoms with Crippen molar-refractivity contribution in [3.63, 3.8) is 0 Å². The normalized spacial score (nSPS) is 13.3. The van der Waals surface area contributed by atoms with E-state index in [2.05, 4.69) is 38.0 Å². The van der Waals surface area contributed by atoms with Gasteiger partial charge in [0, 0.05) is 29.7 Å². The number of rotatable bonds is 6. The van der Waals surface area contributed by atoms with Crippen LogP contribution < -0.4 is 15.5 Å². The average Bonchev–Trinajstić information content (AvgIpc) is 3.21. The van der Waals surface area contributed by atoms with Crippen LogP contribution in [0.1, 0.15) is 28.8 Å². The third-order valence-electron chi connectivity index (χ3n) is 4.52. The number of nitrogens with zero attached hydrogens (tertiary/aromatic N) is 1. The monoisotopic (exact) mass is 427 g/mol. The molecular formula is C21H22BrN3O2. The van der Waals surface area contributed by atoms with E-state index in [4.69, 9.17) is 0 Å². The maximum Gasteiger partial charge on any atom is 0.255 e. The molecule has 0 saturated carbocycles. The molecule has 2 N–H and O–H groups in total. The predicted octanol–water partition coefficient (Wildman–Crippen LogP) is 4.10. The first kappa shape index (κ1) is 19.2. The minimum Gasteiger partial charge on any atom is -0.370 e. The Morgan fingerprint density at radius 3 is 2.48 bits per heavy atom. The quantitative estimate of drug-likeness (QED) is 0.681. The Morgan fingerprint density at radius 1 is 1.11 bits per heavy atom. The molecule has 2 amide bonds. The molecular weight excluding hydrogens is 406 g/mol. The highest BCUT2D eigenvalue weighted by Crippen LogP contribution is 2.32. The average molecular weight is 428 g/mol. The fourth-order valence-corrected chi connectivity index (χ4v) is 3.43. The molecule has 2 aromatic carbocycles. The Kier molecular flexibility index (Phi) is 6.29. The van der Waals surface area contributed by atoms with Crippen molar-refractivity contribution in [2.75, 3.05) is 23.3 Å². The van der Waals surface area contributed by atoms with Crippen LogP contribution in [0.2, 0.25) is 0 Å². The van der Waals surface area contributed by atoms with Gasteiger partial charge in [-0.25, -0.2) is 0 Å². The van der Waals surface area contributed by atoms with Crippen molar-refractivity contribution in [1.82, 2.24) is 5.32 Å². The van der Waals surface area contributed by atoms with E-state index in [1.165, 1.54) is 18.9 Å². The van der Waals surface area contributed by atoms with E-state index in [9.17, 15) is 9.59 Å². The summed E-state index contributed by atoms with van der Waals surface area (Å²) in [6.07, 6.45) is 3.58. The van der Waals surface area contributed by atoms with Crippen molar-refractivity contribution in [3.8, 4) is 0 Å². The molecule has 2 aromatic rings. The fraction of sp³-hybridized carbons (Fsp3) is 0.238. The van der Waals surface area contributed by atoms with Crippen LogP contribution in [0.4, 0.5) is 11.4 Å². The second kappa shape index (κ2) is 8.86. The smallest absolute Gasteiger partial charge is 0.255 e. The minimum absolute atomic E-state index is 0.157. The van der Waals surface area contributed by atoms with Gasteiger partial charge in [0.1, 0.15) is 0 Å². The van der Waals surface area contributed by atoms with Gasteiger partial charge < -0.3 is 15.5 Å². The van der Waals surface area contributed by atoms with Gasteiger partial charge in [0.2, 0.25) is 5.91 Å². The number of hydrogen-bond donors (Lipinski definition) is 2. The Labute approximate surface area is 167 Å². The number of carbonyl (C=O) groups excluding carboxylic acids is 2. The highest BCUT2D eigenvalue weighted by Gasteiger charge is 2.17. The lowest BCUT2D eigenvalue weighted by molar-refractivity contribution is -0.116. The number of benzene rings is 2. The maximum absolute atomic E-state index is 12.7. The van der Waals surface area contributed by atoms with Crippen molar-refractivity contribution in [1.29, 1.82) is 0 Å². The zero-order chi connectivity index (χ0) is 19.2. The molecule has 5 nitrogen and oxygen atoms in total. The minimum atomic E-state index is -0.221. The lowest BCUT2D eigenvalue weighted by Crippen LogP contribution is -2.21. The van der Waals surface area contributed by atoms with Crippen LogP contribution in [0, 0.1) is 0 Å². The summed E-state index contributed by atoms with van der Waals surface area (Å²) in [5.41, 5.74) is 3.34. The molecule has 0 radical (unpaired) electrons. The van der Waals surface area contributed by atoms with Crippen molar-refractivity contribution in [2.45, 2.75) is 19.4 Å². The van der Waals surface area contributed by atoms with Crippen LogP contribution >= 0.6 is 15.9 Å². The standard InChI is InChI=1S/C21H22BrN3O2/c1-2-20(26)23-14-15-5-7-16(8-6-15)21(27)24-18-13-17(22)9-10-19(18)25-11-3-4-12-25/h2,5-10,13H,1,3-4,11-12,14H2,(H,23,26)(H,24,27). The van der Waals surface area contributed by atoms with E-state index in [0.29, 0.717) is 12.1 Å². The van der Waals surface area contributed by atoms with Crippen molar-refractivity contribution >= 4 is 39.1 Å². The van der Waals surface area contributed by atoms with Gasteiger partial charge in [-0.3, -0.25) is 9.59 Å². The van der Waals surface area contributed by atoms with E-state index in [1.807, 2.05) is 30.3 Å². The van der Waals surface area contributed by atoms with Gasteiger partial charge in [-0.2, -0.15) is 0 Å². The second-order valence-electron chi connectivity index (χ2n) is 6.43. The highest BCUT2D eigenvalue weighted by molar-refractivity contribution is 9.10.